The highest BCUT2D eigenvalue weighted by Crippen LogP contribution is 2.21. The third-order valence-corrected chi connectivity index (χ3v) is 1.77. The number of rotatable bonds is 0. The van der Waals surface area contributed by atoms with Crippen LogP contribution in [0.3, 0.4) is 0 Å². The van der Waals surface area contributed by atoms with Crippen LogP contribution in [0.1, 0.15) is 31.9 Å². The zero-order chi connectivity index (χ0) is 9.19. The molecule has 1 nitrogen and oxygen atoms in total. The highest BCUT2D eigenvalue weighted by molar-refractivity contribution is 5.34. The molecule has 0 amide bonds. The summed E-state index contributed by atoms with van der Waals surface area (Å²) in [6.07, 6.45) is 8.84. The van der Waals surface area contributed by atoms with Gasteiger partial charge in [-0.2, -0.15) is 0 Å². The molecule has 0 unspecified atom stereocenters. The van der Waals surface area contributed by atoms with E-state index in [4.69, 9.17) is 6.42 Å². The maximum Gasteiger partial charge on any atom is 0.0429 e. The normalized spacial score (nSPS) is 10.8. The predicted octanol–water partition coefficient (Wildman–Crippen LogP) is 2.36. The lowest BCUT2D eigenvalue weighted by atomic mass is 9.88. The van der Waals surface area contributed by atoms with Crippen molar-refractivity contribution >= 4 is 0 Å². The summed E-state index contributed by atoms with van der Waals surface area (Å²) in [5, 5.41) is 0. The molecule has 1 heterocycles. The fourth-order valence-corrected chi connectivity index (χ4v) is 0.929. The maximum absolute atomic E-state index is 5.27. The largest absolute Gasteiger partial charge is 0.263 e. The molecule has 0 aromatic carbocycles. The van der Waals surface area contributed by atoms with E-state index in [0.29, 0.717) is 0 Å². The summed E-state index contributed by atoms with van der Waals surface area (Å²) in [7, 11) is 0. The van der Waals surface area contributed by atoms with Crippen molar-refractivity contribution in [2.75, 3.05) is 0 Å². The lowest BCUT2D eigenvalue weighted by Crippen LogP contribution is -2.11. The summed E-state index contributed by atoms with van der Waals surface area (Å²) in [5.41, 5.74) is 2.15. The van der Waals surface area contributed by atoms with Gasteiger partial charge in [0.1, 0.15) is 0 Å². The minimum Gasteiger partial charge on any atom is -0.263 e. The molecule has 1 rings (SSSR count). The van der Waals surface area contributed by atoms with Crippen LogP contribution in [0.5, 0.6) is 0 Å². The van der Waals surface area contributed by atoms with Crippen molar-refractivity contribution < 1.29 is 0 Å². The fraction of sp³-hybridized carbons (Fsp3) is 0.364. The van der Waals surface area contributed by atoms with E-state index in [9.17, 15) is 0 Å². The molecule has 0 radical (unpaired) electrons. The van der Waals surface area contributed by atoms with Crippen molar-refractivity contribution in [2.24, 2.45) is 0 Å². The van der Waals surface area contributed by atoms with E-state index in [-0.39, 0.29) is 5.41 Å². The number of aromatic nitrogens is 1. The second-order valence-corrected chi connectivity index (χ2v) is 3.86. The monoisotopic (exact) mass is 159 g/mol. The molecule has 12 heavy (non-hydrogen) atoms. The summed E-state index contributed by atoms with van der Waals surface area (Å²) in [6.45, 7) is 6.43. The molecule has 0 atom stereocenters. The first-order valence-electron chi connectivity index (χ1n) is 3.96. The molecule has 0 saturated heterocycles. The van der Waals surface area contributed by atoms with Crippen LogP contribution in [-0.2, 0) is 5.41 Å². The van der Waals surface area contributed by atoms with Crippen molar-refractivity contribution in [3.05, 3.63) is 29.6 Å². The Bertz CT molecular complexity index is 313. The van der Waals surface area contributed by atoms with Gasteiger partial charge in [-0.25, -0.2) is 0 Å². The number of pyridine rings is 1. The summed E-state index contributed by atoms with van der Waals surface area (Å²) >= 11 is 0. The molecule has 0 N–H and O–H groups in total. The minimum absolute atomic E-state index is 0.125. The minimum atomic E-state index is 0.125. The van der Waals surface area contributed by atoms with E-state index in [0.717, 1.165) is 5.56 Å². The Morgan fingerprint density at radius 2 is 2.00 bits per heavy atom. The van der Waals surface area contributed by atoms with Gasteiger partial charge in [-0.15, -0.1) is 6.42 Å². The van der Waals surface area contributed by atoms with E-state index in [2.05, 4.69) is 31.7 Å². The van der Waals surface area contributed by atoms with Crippen molar-refractivity contribution in [1.29, 1.82) is 0 Å². The average Bonchev–Trinajstić information content (AvgIpc) is 2.03. The van der Waals surface area contributed by atoms with Crippen LogP contribution in [0.4, 0.5) is 0 Å². The Labute approximate surface area is 73.8 Å². The van der Waals surface area contributed by atoms with Crippen molar-refractivity contribution in [3.63, 3.8) is 0 Å². The molecule has 0 fully saturated rings. The van der Waals surface area contributed by atoms with Crippen LogP contribution in [0.25, 0.3) is 0 Å². The molecule has 0 aliphatic rings. The zero-order valence-corrected chi connectivity index (χ0v) is 7.76. The number of hydrogen-bond donors (Lipinski definition) is 0. The van der Waals surface area contributed by atoms with E-state index in [1.165, 1.54) is 5.56 Å². The van der Waals surface area contributed by atoms with Crippen molar-refractivity contribution in [3.8, 4) is 12.3 Å². The fourth-order valence-electron chi connectivity index (χ4n) is 0.929. The van der Waals surface area contributed by atoms with Gasteiger partial charge in [-0.1, -0.05) is 26.7 Å². The SMILES string of the molecule is C#Cc1cncc(C(C)(C)C)c1. The first-order valence-corrected chi connectivity index (χ1v) is 3.96. The lowest BCUT2D eigenvalue weighted by Gasteiger charge is -2.18. The highest BCUT2D eigenvalue weighted by Gasteiger charge is 2.13. The second-order valence-electron chi connectivity index (χ2n) is 3.86. The molecule has 0 aliphatic carbocycles. The van der Waals surface area contributed by atoms with Crippen molar-refractivity contribution in [1.82, 2.24) is 4.98 Å². The Morgan fingerprint density at radius 3 is 2.50 bits per heavy atom. The average molecular weight is 159 g/mol. The molecular formula is C11H13N. The third kappa shape index (κ3) is 1.85. The van der Waals surface area contributed by atoms with Crippen LogP contribution >= 0.6 is 0 Å². The molecule has 1 heteroatoms. The van der Waals surface area contributed by atoms with Gasteiger partial charge in [0.15, 0.2) is 0 Å². The molecule has 0 spiro atoms. The highest BCUT2D eigenvalue weighted by atomic mass is 14.6. The Morgan fingerprint density at radius 1 is 1.33 bits per heavy atom. The van der Waals surface area contributed by atoms with Gasteiger partial charge in [0.25, 0.3) is 0 Å². The van der Waals surface area contributed by atoms with Gasteiger partial charge in [0, 0.05) is 18.0 Å². The van der Waals surface area contributed by atoms with Crippen LogP contribution in [0, 0.1) is 12.3 Å². The quantitative estimate of drug-likeness (QED) is 0.529. The molecular weight excluding hydrogens is 146 g/mol. The Kier molecular flexibility index (Phi) is 2.19. The van der Waals surface area contributed by atoms with E-state index in [1.54, 1.807) is 6.20 Å². The van der Waals surface area contributed by atoms with Gasteiger partial charge in [0.05, 0.1) is 0 Å². The Balaban J connectivity index is 3.13. The maximum atomic E-state index is 5.27. The molecule has 1 aromatic heterocycles. The molecule has 1 aromatic rings. The number of hydrogen-bond acceptors (Lipinski definition) is 1. The standard InChI is InChI=1S/C11H13N/c1-5-9-6-10(8-12-7-9)11(2,3)4/h1,6-8H,2-4H3. The van der Waals surface area contributed by atoms with Gasteiger partial charge >= 0.3 is 0 Å². The van der Waals surface area contributed by atoms with Crippen molar-refractivity contribution in [2.45, 2.75) is 26.2 Å². The predicted molar refractivity (Wildman–Crippen MR) is 50.9 cm³/mol. The molecule has 0 bridgehead atoms. The van der Waals surface area contributed by atoms with E-state index >= 15 is 0 Å². The Hall–Kier alpha value is -1.29. The van der Waals surface area contributed by atoms with Gasteiger partial charge in [-0.3, -0.25) is 4.98 Å². The van der Waals surface area contributed by atoms with Gasteiger partial charge in [-0.05, 0) is 17.0 Å². The first kappa shape index (κ1) is 8.80. The first-order chi connectivity index (χ1) is 5.54. The van der Waals surface area contributed by atoms with Gasteiger partial charge in [0.2, 0.25) is 0 Å². The second kappa shape index (κ2) is 2.98. The topological polar surface area (TPSA) is 12.9 Å². The third-order valence-electron chi connectivity index (χ3n) is 1.77. The van der Waals surface area contributed by atoms with E-state index in [1.807, 2.05) is 12.3 Å². The zero-order valence-electron chi connectivity index (χ0n) is 7.76. The molecule has 0 saturated carbocycles. The van der Waals surface area contributed by atoms with Crippen LogP contribution < -0.4 is 0 Å². The number of nitrogens with zero attached hydrogens (tertiary/aromatic N) is 1. The summed E-state index contributed by atoms with van der Waals surface area (Å²) in [6, 6.07) is 2.01. The molecule has 0 aliphatic heterocycles. The molecule has 62 valence electrons. The van der Waals surface area contributed by atoms with Crippen LogP contribution in [0.15, 0.2) is 18.5 Å². The van der Waals surface area contributed by atoms with Crippen LogP contribution in [0.2, 0.25) is 0 Å². The smallest absolute Gasteiger partial charge is 0.0429 e. The van der Waals surface area contributed by atoms with Gasteiger partial charge < -0.3 is 0 Å². The lowest BCUT2D eigenvalue weighted by molar-refractivity contribution is 0.587. The summed E-state index contributed by atoms with van der Waals surface area (Å²) < 4.78 is 0. The van der Waals surface area contributed by atoms with E-state index < -0.39 is 0 Å². The summed E-state index contributed by atoms with van der Waals surface area (Å²) in [4.78, 5) is 4.08. The number of terminal acetylenes is 1. The summed E-state index contributed by atoms with van der Waals surface area (Å²) in [5.74, 6) is 2.58. The van der Waals surface area contributed by atoms with Crippen LogP contribution in [-0.4, -0.2) is 4.98 Å².